The molecule has 2 aromatic heterocycles. The van der Waals surface area contributed by atoms with E-state index in [1.165, 1.54) is 0 Å². The van der Waals surface area contributed by atoms with Crippen LogP contribution < -0.4 is 5.32 Å². The molecule has 4 rings (SSSR count). The molecule has 1 atom stereocenters. The third-order valence-corrected chi connectivity index (χ3v) is 4.58. The lowest BCUT2D eigenvalue weighted by molar-refractivity contribution is -0.118. The van der Waals surface area contributed by atoms with Gasteiger partial charge in [-0.25, -0.2) is 9.50 Å². The van der Waals surface area contributed by atoms with Crippen LogP contribution in [-0.2, 0) is 11.2 Å². The van der Waals surface area contributed by atoms with Crippen LogP contribution in [0, 0.1) is 4.77 Å². The second-order valence-electron chi connectivity index (χ2n) is 4.82. The van der Waals surface area contributed by atoms with Crippen LogP contribution in [0.1, 0.15) is 5.82 Å². The van der Waals surface area contributed by atoms with Crippen molar-refractivity contribution in [1.29, 1.82) is 0 Å². The van der Waals surface area contributed by atoms with Gasteiger partial charge in [0.15, 0.2) is 5.65 Å². The van der Waals surface area contributed by atoms with Crippen molar-refractivity contribution in [3.63, 3.8) is 0 Å². The van der Waals surface area contributed by atoms with Crippen LogP contribution in [0.4, 0.5) is 4.79 Å². The van der Waals surface area contributed by atoms with Gasteiger partial charge in [-0.15, -0.1) is 0 Å². The Morgan fingerprint density at radius 2 is 2.09 bits per heavy atom. The van der Waals surface area contributed by atoms with Gasteiger partial charge in [-0.05, 0) is 24.4 Å². The zero-order valence-corrected chi connectivity index (χ0v) is 12.7. The Kier molecular flexibility index (Phi) is 2.98. The summed E-state index contributed by atoms with van der Waals surface area (Å²) in [5, 5.41) is 5.28. The fourth-order valence-electron chi connectivity index (χ4n) is 2.47. The minimum Gasteiger partial charge on any atom is -0.286 e. The lowest BCUT2D eigenvalue weighted by Gasteiger charge is -2.09. The van der Waals surface area contributed by atoms with Crippen molar-refractivity contribution in [3.05, 3.63) is 34.9 Å². The third-order valence-electron chi connectivity index (χ3n) is 3.41. The molecule has 0 spiro atoms. The van der Waals surface area contributed by atoms with Crippen LogP contribution in [-0.4, -0.2) is 36.0 Å². The number of hydrogen-bond acceptors (Lipinski definition) is 6. The molecule has 110 valence electrons. The van der Waals surface area contributed by atoms with E-state index in [0.29, 0.717) is 22.7 Å². The fraction of sp³-hybridized carbons (Fsp3) is 0.154. The lowest BCUT2D eigenvalue weighted by Crippen LogP contribution is -2.26. The molecule has 9 heteroatoms. The van der Waals surface area contributed by atoms with Gasteiger partial charge in [0, 0.05) is 11.8 Å². The summed E-state index contributed by atoms with van der Waals surface area (Å²) >= 11 is 6.08. The molecule has 7 nitrogen and oxygen atoms in total. The number of carbonyl (C=O) groups is 2. The SMILES string of the molecule is O=C1NC(=O)C(Cc2nc3ccccc3c3nc(=S)[nH]n23)S1. The summed E-state index contributed by atoms with van der Waals surface area (Å²) in [5.74, 6) is 0.316. The van der Waals surface area contributed by atoms with Crippen LogP contribution >= 0.6 is 24.0 Å². The van der Waals surface area contributed by atoms with Crippen molar-refractivity contribution in [2.75, 3.05) is 0 Å². The molecule has 2 amide bonds. The maximum atomic E-state index is 11.8. The summed E-state index contributed by atoms with van der Waals surface area (Å²) in [5.41, 5.74) is 1.44. The average molecular weight is 331 g/mol. The number of aromatic amines is 1. The third kappa shape index (κ3) is 2.09. The quantitative estimate of drug-likeness (QED) is 0.696. The van der Waals surface area contributed by atoms with Gasteiger partial charge in [-0.3, -0.25) is 20.0 Å². The van der Waals surface area contributed by atoms with E-state index in [0.717, 1.165) is 22.7 Å². The number of H-pyrrole nitrogens is 1. The Hall–Kier alpha value is -2.26. The van der Waals surface area contributed by atoms with E-state index in [2.05, 4.69) is 20.4 Å². The maximum absolute atomic E-state index is 11.8. The standard InChI is InChI=1S/C13H9N5O2S2/c19-11-8(22-13(20)16-11)5-9-14-7-4-2-1-3-6(7)10-15-12(21)17-18(9)10/h1-4,8H,5H2,(H,17,21)(H,16,19,20). The van der Waals surface area contributed by atoms with Gasteiger partial charge in [0.05, 0.1) is 5.52 Å². The second-order valence-corrected chi connectivity index (χ2v) is 6.38. The van der Waals surface area contributed by atoms with Crippen LogP contribution in [0.25, 0.3) is 16.6 Å². The number of fused-ring (bicyclic) bond motifs is 3. The largest absolute Gasteiger partial charge is 0.286 e. The Morgan fingerprint density at radius 3 is 2.86 bits per heavy atom. The number of aromatic nitrogens is 4. The summed E-state index contributed by atoms with van der Waals surface area (Å²) < 4.78 is 2.03. The van der Waals surface area contributed by atoms with Gasteiger partial charge >= 0.3 is 0 Å². The zero-order valence-electron chi connectivity index (χ0n) is 11.1. The molecule has 1 unspecified atom stereocenters. The topological polar surface area (TPSA) is 92.2 Å². The molecule has 3 aromatic rings. The predicted molar refractivity (Wildman–Crippen MR) is 84.3 cm³/mol. The molecule has 0 aliphatic carbocycles. The van der Waals surface area contributed by atoms with E-state index in [-0.39, 0.29) is 11.1 Å². The number of nitrogens with zero attached hydrogens (tertiary/aromatic N) is 3. The number of para-hydroxylation sites is 1. The number of amides is 2. The Morgan fingerprint density at radius 1 is 1.27 bits per heavy atom. The Balaban J connectivity index is 1.90. The molecule has 3 heterocycles. The van der Waals surface area contributed by atoms with E-state index < -0.39 is 5.25 Å². The van der Waals surface area contributed by atoms with E-state index in [4.69, 9.17) is 12.2 Å². The van der Waals surface area contributed by atoms with Crippen molar-refractivity contribution in [2.45, 2.75) is 11.7 Å². The second kappa shape index (κ2) is 4.89. The van der Waals surface area contributed by atoms with Gasteiger partial charge in [0.2, 0.25) is 10.7 Å². The van der Waals surface area contributed by atoms with Gasteiger partial charge in [0.25, 0.3) is 5.24 Å². The maximum Gasteiger partial charge on any atom is 0.286 e. The number of hydrogen-bond donors (Lipinski definition) is 2. The van der Waals surface area contributed by atoms with Crippen LogP contribution in [0.15, 0.2) is 24.3 Å². The molecule has 0 saturated carbocycles. The van der Waals surface area contributed by atoms with Crippen LogP contribution in [0.5, 0.6) is 0 Å². The van der Waals surface area contributed by atoms with Crippen LogP contribution in [0.3, 0.4) is 0 Å². The molecule has 1 aliphatic rings. The molecule has 1 aliphatic heterocycles. The highest BCUT2D eigenvalue weighted by atomic mass is 32.2. The van der Waals surface area contributed by atoms with E-state index in [1.54, 1.807) is 4.52 Å². The number of thioether (sulfide) groups is 1. The highest BCUT2D eigenvalue weighted by Crippen LogP contribution is 2.24. The van der Waals surface area contributed by atoms with Crippen molar-refractivity contribution in [1.82, 2.24) is 24.9 Å². The first kappa shape index (κ1) is 13.4. The monoisotopic (exact) mass is 331 g/mol. The predicted octanol–water partition coefficient (Wildman–Crippen LogP) is 1.83. The van der Waals surface area contributed by atoms with Crippen molar-refractivity contribution in [3.8, 4) is 0 Å². The normalized spacial score (nSPS) is 18.3. The number of nitrogens with one attached hydrogen (secondary N) is 2. The first-order chi connectivity index (χ1) is 10.6. The number of imide groups is 1. The minimum atomic E-state index is -0.492. The number of benzene rings is 1. The van der Waals surface area contributed by atoms with Crippen LogP contribution in [0.2, 0.25) is 0 Å². The molecule has 22 heavy (non-hydrogen) atoms. The molecule has 1 aromatic carbocycles. The molecular weight excluding hydrogens is 322 g/mol. The average Bonchev–Trinajstić information content (AvgIpc) is 3.02. The molecule has 2 N–H and O–H groups in total. The van der Waals surface area contributed by atoms with Crippen molar-refractivity contribution >= 4 is 51.7 Å². The highest BCUT2D eigenvalue weighted by Gasteiger charge is 2.32. The molecule has 1 fully saturated rings. The first-order valence-electron chi connectivity index (χ1n) is 6.50. The lowest BCUT2D eigenvalue weighted by atomic mass is 10.2. The van der Waals surface area contributed by atoms with Gasteiger partial charge in [0.1, 0.15) is 11.1 Å². The summed E-state index contributed by atoms with van der Waals surface area (Å²) in [6.45, 7) is 0. The van der Waals surface area contributed by atoms with E-state index in [9.17, 15) is 9.59 Å². The fourth-order valence-corrected chi connectivity index (χ4v) is 3.46. The molecule has 0 radical (unpaired) electrons. The molecular formula is C13H9N5O2S2. The van der Waals surface area contributed by atoms with Crippen molar-refractivity contribution < 1.29 is 9.59 Å². The highest BCUT2D eigenvalue weighted by molar-refractivity contribution is 8.15. The van der Waals surface area contributed by atoms with Gasteiger partial charge in [-0.1, -0.05) is 23.9 Å². The van der Waals surface area contributed by atoms with E-state index in [1.807, 2.05) is 24.3 Å². The zero-order chi connectivity index (χ0) is 15.3. The summed E-state index contributed by atoms with van der Waals surface area (Å²) in [6, 6.07) is 7.58. The van der Waals surface area contributed by atoms with Crippen molar-refractivity contribution in [2.24, 2.45) is 0 Å². The number of rotatable bonds is 2. The first-order valence-corrected chi connectivity index (χ1v) is 7.78. The van der Waals surface area contributed by atoms with E-state index >= 15 is 0 Å². The van der Waals surface area contributed by atoms with Gasteiger partial charge < -0.3 is 0 Å². The van der Waals surface area contributed by atoms with Gasteiger partial charge in [-0.2, -0.15) is 4.98 Å². The number of carbonyl (C=O) groups excluding carboxylic acids is 2. The minimum absolute atomic E-state index is 0.295. The molecule has 0 bridgehead atoms. The Bertz CT molecular complexity index is 993. The summed E-state index contributed by atoms with van der Waals surface area (Å²) in [6.07, 6.45) is 0.311. The summed E-state index contributed by atoms with van der Waals surface area (Å²) in [4.78, 5) is 32.0. The summed E-state index contributed by atoms with van der Waals surface area (Å²) in [7, 11) is 0. The Labute approximate surface area is 133 Å². The molecule has 1 saturated heterocycles. The smallest absolute Gasteiger partial charge is 0.286 e.